The highest BCUT2D eigenvalue weighted by Crippen LogP contribution is 1.99. The summed E-state index contributed by atoms with van der Waals surface area (Å²) in [5, 5.41) is 8.94. The number of hydrogen-bond donors (Lipinski definition) is 1. The molecule has 0 aliphatic rings. The van der Waals surface area contributed by atoms with E-state index in [0.29, 0.717) is 5.69 Å². The molecule has 0 bridgehead atoms. The minimum Gasteiger partial charge on any atom is -0.477 e. The van der Waals surface area contributed by atoms with Gasteiger partial charge >= 0.3 is 5.97 Å². The van der Waals surface area contributed by atoms with Crippen LogP contribution in [-0.4, -0.2) is 15.6 Å². The second-order valence-electron chi connectivity index (χ2n) is 4.25. The van der Waals surface area contributed by atoms with Crippen LogP contribution in [0.2, 0.25) is 0 Å². The number of aromatic nitrogens is 1. The van der Waals surface area contributed by atoms with Crippen molar-refractivity contribution in [3.8, 4) is 11.8 Å². The molecular formula is C16H13NO3. The molecule has 1 aromatic heterocycles. The number of aromatic carboxylic acids is 1. The van der Waals surface area contributed by atoms with Gasteiger partial charge in [-0.1, -0.05) is 30.0 Å². The van der Waals surface area contributed by atoms with Gasteiger partial charge in [0.2, 0.25) is 0 Å². The summed E-state index contributed by atoms with van der Waals surface area (Å²) >= 11 is 0. The summed E-state index contributed by atoms with van der Waals surface area (Å²) < 4.78 is 1.36. The fraction of sp³-hybridized carbons (Fsp3) is 0.125. The molecule has 4 heteroatoms. The largest absolute Gasteiger partial charge is 0.477 e. The van der Waals surface area contributed by atoms with E-state index in [1.807, 2.05) is 30.3 Å². The van der Waals surface area contributed by atoms with E-state index in [2.05, 4.69) is 11.8 Å². The standard InChI is InChI=1S/C16H13NO3/c1-12-9-10-14(16(19)20)15(18)17(12)11-5-8-13-6-3-2-4-7-13/h2-4,6-7,9-10H,11H2,1H3,(H,19,20). The number of aryl methyl sites for hydroxylation is 1. The van der Waals surface area contributed by atoms with Crippen molar-refractivity contribution in [1.29, 1.82) is 0 Å². The monoisotopic (exact) mass is 267 g/mol. The van der Waals surface area contributed by atoms with E-state index >= 15 is 0 Å². The molecule has 0 unspecified atom stereocenters. The molecule has 0 aliphatic heterocycles. The van der Waals surface area contributed by atoms with Crippen molar-refractivity contribution in [2.24, 2.45) is 0 Å². The first-order valence-corrected chi connectivity index (χ1v) is 6.07. The average Bonchev–Trinajstić information content (AvgIpc) is 2.43. The summed E-state index contributed by atoms with van der Waals surface area (Å²) in [7, 11) is 0. The first-order valence-electron chi connectivity index (χ1n) is 6.07. The van der Waals surface area contributed by atoms with Crippen molar-refractivity contribution < 1.29 is 9.90 Å². The fourth-order valence-electron chi connectivity index (χ4n) is 1.77. The molecule has 20 heavy (non-hydrogen) atoms. The van der Waals surface area contributed by atoms with Crippen LogP contribution >= 0.6 is 0 Å². The maximum atomic E-state index is 12.0. The number of hydrogen-bond acceptors (Lipinski definition) is 2. The highest BCUT2D eigenvalue weighted by atomic mass is 16.4. The lowest BCUT2D eigenvalue weighted by molar-refractivity contribution is 0.0694. The number of nitrogens with zero attached hydrogens (tertiary/aromatic N) is 1. The van der Waals surface area contributed by atoms with Gasteiger partial charge in [-0.05, 0) is 31.2 Å². The van der Waals surface area contributed by atoms with Crippen LogP contribution in [-0.2, 0) is 6.54 Å². The third-order valence-corrected chi connectivity index (χ3v) is 2.87. The van der Waals surface area contributed by atoms with Gasteiger partial charge in [0, 0.05) is 11.3 Å². The molecule has 1 N–H and O–H groups in total. The zero-order valence-electron chi connectivity index (χ0n) is 11.0. The third-order valence-electron chi connectivity index (χ3n) is 2.87. The molecular weight excluding hydrogens is 254 g/mol. The number of carbonyl (C=O) groups is 1. The minimum atomic E-state index is -1.22. The fourth-order valence-corrected chi connectivity index (χ4v) is 1.77. The smallest absolute Gasteiger partial charge is 0.341 e. The summed E-state index contributed by atoms with van der Waals surface area (Å²) in [4.78, 5) is 22.9. The van der Waals surface area contributed by atoms with Crippen LogP contribution in [0.1, 0.15) is 21.6 Å². The van der Waals surface area contributed by atoms with Crippen LogP contribution in [0, 0.1) is 18.8 Å². The molecule has 1 aromatic carbocycles. The Hall–Kier alpha value is -2.80. The van der Waals surface area contributed by atoms with Gasteiger partial charge in [0.15, 0.2) is 0 Å². The van der Waals surface area contributed by atoms with Crippen molar-refractivity contribution in [2.45, 2.75) is 13.5 Å². The molecule has 1 heterocycles. The lowest BCUT2D eigenvalue weighted by atomic mass is 10.2. The zero-order chi connectivity index (χ0) is 14.5. The second kappa shape index (κ2) is 5.89. The molecule has 0 fully saturated rings. The predicted octanol–water partition coefficient (Wildman–Crippen LogP) is 1.91. The Morgan fingerprint density at radius 2 is 1.90 bits per heavy atom. The lowest BCUT2D eigenvalue weighted by Crippen LogP contribution is -2.27. The highest BCUT2D eigenvalue weighted by molar-refractivity contribution is 5.87. The second-order valence-corrected chi connectivity index (χ2v) is 4.25. The van der Waals surface area contributed by atoms with E-state index in [9.17, 15) is 9.59 Å². The summed E-state index contributed by atoms with van der Waals surface area (Å²) in [5.41, 5.74) is 0.770. The van der Waals surface area contributed by atoms with E-state index in [-0.39, 0.29) is 12.1 Å². The summed E-state index contributed by atoms with van der Waals surface area (Å²) in [6, 6.07) is 12.3. The molecule has 0 aliphatic carbocycles. The number of pyridine rings is 1. The quantitative estimate of drug-likeness (QED) is 0.845. The molecule has 100 valence electrons. The third kappa shape index (κ3) is 2.96. The van der Waals surface area contributed by atoms with E-state index in [1.165, 1.54) is 10.6 Å². The van der Waals surface area contributed by atoms with Gasteiger partial charge in [0.25, 0.3) is 5.56 Å². The van der Waals surface area contributed by atoms with Crippen molar-refractivity contribution in [2.75, 3.05) is 0 Å². The summed E-state index contributed by atoms with van der Waals surface area (Å²) in [5.74, 6) is 4.60. The Balaban J connectivity index is 2.31. The molecule has 4 nitrogen and oxygen atoms in total. The van der Waals surface area contributed by atoms with Crippen molar-refractivity contribution in [3.05, 3.63) is 69.6 Å². The Morgan fingerprint density at radius 1 is 1.20 bits per heavy atom. The summed E-state index contributed by atoms with van der Waals surface area (Å²) in [6.45, 7) is 1.91. The Bertz CT molecular complexity index is 749. The van der Waals surface area contributed by atoms with E-state index < -0.39 is 11.5 Å². The first-order chi connectivity index (χ1) is 9.59. The van der Waals surface area contributed by atoms with E-state index in [0.717, 1.165) is 5.56 Å². The summed E-state index contributed by atoms with van der Waals surface area (Å²) in [6.07, 6.45) is 0. The van der Waals surface area contributed by atoms with Crippen LogP contribution in [0.25, 0.3) is 0 Å². The number of rotatable bonds is 2. The number of carboxylic acid groups (broad SMARTS) is 1. The van der Waals surface area contributed by atoms with Crippen LogP contribution in [0.4, 0.5) is 0 Å². The molecule has 2 aromatic rings. The Labute approximate surface area is 116 Å². The average molecular weight is 267 g/mol. The highest BCUT2D eigenvalue weighted by Gasteiger charge is 2.11. The SMILES string of the molecule is Cc1ccc(C(=O)O)c(=O)n1CC#Cc1ccccc1. The predicted molar refractivity (Wildman–Crippen MR) is 75.7 cm³/mol. The van der Waals surface area contributed by atoms with E-state index in [4.69, 9.17) is 5.11 Å². The van der Waals surface area contributed by atoms with Gasteiger partial charge < -0.3 is 9.67 Å². The van der Waals surface area contributed by atoms with Gasteiger partial charge in [-0.15, -0.1) is 0 Å². The Morgan fingerprint density at radius 3 is 2.55 bits per heavy atom. The van der Waals surface area contributed by atoms with Gasteiger partial charge in [0.05, 0.1) is 6.54 Å². The van der Waals surface area contributed by atoms with Crippen LogP contribution in [0.15, 0.2) is 47.3 Å². The molecule has 0 spiro atoms. The van der Waals surface area contributed by atoms with Crippen LogP contribution < -0.4 is 5.56 Å². The Kier molecular flexibility index (Phi) is 4.02. The van der Waals surface area contributed by atoms with Crippen LogP contribution in [0.3, 0.4) is 0 Å². The maximum Gasteiger partial charge on any atom is 0.341 e. The molecule has 0 saturated carbocycles. The first kappa shape index (κ1) is 13.6. The van der Waals surface area contributed by atoms with Crippen molar-refractivity contribution in [3.63, 3.8) is 0 Å². The minimum absolute atomic E-state index is 0.167. The van der Waals surface area contributed by atoms with Gasteiger partial charge in [-0.2, -0.15) is 0 Å². The molecule has 0 radical (unpaired) electrons. The normalized spacial score (nSPS) is 9.65. The van der Waals surface area contributed by atoms with Gasteiger partial charge in [-0.3, -0.25) is 4.79 Å². The molecule has 0 saturated heterocycles. The van der Waals surface area contributed by atoms with Gasteiger partial charge in [0.1, 0.15) is 5.56 Å². The number of carboxylic acids is 1. The maximum absolute atomic E-state index is 12.0. The molecule has 0 atom stereocenters. The molecule has 2 rings (SSSR count). The van der Waals surface area contributed by atoms with Gasteiger partial charge in [-0.25, -0.2) is 4.79 Å². The van der Waals surface area contributed by atoms with Crippen molar-refractivity contribution >= 4 is 5.97 Å². The number of benzene rings is 1. The zero-order valence-corrected chi connectivity index (χ0v) is 11.0. The van der Waals surface area contributed by atoms with E-state index in [1.54, 1.807) is 13.0 Å². The lowest BCUT2D eigenvalue weighted by Gasteiger charge is -2.06. The topological polar surface area (TPSA) is 59.3 Å². The molecule has 0 amide bonds. The van der Waals surface area contributed by atoms with Crippen molar-refractivity contribution in [1.82, 2.24) is 4.57 Å². The van der Waals surface area contributed by atoms with Crippen LogP contribution in [0.5, 0.6) is 0 Å².